The topological polar surface area (TPSA) is 0 Å². The number of hydrogen-bond donors (Lipinski definition) is 0. The summed E-state index contributed by atoms with van der Waals surface area (Å²) in [5.41, 5.74) is 5.57. The van der Waals surface area contributed by atoms with Crippen molar-refractivity contribution in [3.05, 3.63) is 66.1 Å². The minimum Gasteiger partial charge on any atom is -0.0871 e. The van der Waals surface area contributed by atoms with Gasteiger partial charge in [0.2, 0.25) is 0 Å². The zero-order valence-corrected chi connectivity index (χ0v) is 24.7. The van der Waals surface area contributed by atoms with Gasteiger partial charge in [0.1, 0.15) is 0 Å². The third-order valence-electron chi connectivity index (χ3n) is 5.89. The van der Waals surface area contributed by atoms with E-state index >= 15 is 0 Å². The summed E-state index contributed by atoms with van der Waals surface area (Å²) >= 11 is 22.4. The number of alkyl halides is 3. The first kappa shape index (κ1) is 23.0. The molecule has 2 aliphatic carbocycles. The highest BCUT2D eigenvalue weighted by atomic mass is 79.9. The summed E-state index contributed by atoms with van der Waals surface area (Å²) in [7, 11) is 0. The van der Waals surface area contributed by atoms with Crippen LogP contribution in [0.1, 0.15) is 37.8 Å². The van der Waals surface area contributed by atoms with Gasteiger partial charge in [-0.1, -0.05) is 103 Å². The van der Waals surface area contributed by atoms with E-state index in [2.05, 4.69) is 147 Å². The summed E-state index contributed by atoms with van der Waals surface area (Å²) in [5.74, 6) is 0.685. The number of allylic oxidation sites excluding steroid dienone is 6. The van der Waals surface area contributed by atoms with E-state index in [-0.39, 0.29) is 5.41 Å². The summed E-state index contributed by atoms with van der Waals surface area (Å²) in [4.78, 5) is 0.600. The number of benzene rings is 1. The molecule has 5 unspecified atom stereocenters. The number of fused-ring (bicyclic) bond motifs is 2. The number of hydrogen-bond acceptors (Lipinski definition) is 0. The van der Waals surface area contributed by atoms with Crippen LogP contribution in [0.5, 0.6) is 0 Å². The summed E-state index contributed by atoms with van der Waals surface area (Å²) in [6.07, 6.45) is 7.15. The van der Waals surface area contributed by atoms with E-state index < -0.39 is 0 Å². The Kier molecular flexibility index (Phi) is 7.51. The van der Waals surface area contributed by atoms with Crippen molar-refractivity contribution in [3.8, 4) is 0 Å². The Bertz CT molecular complexity index is 852. The lowest BCUT2D eigenvalue weighted by molar-refractivity contribution is 0.416. The summed E-state index contributed by atoms with van der Waals surface area (Å²) in [6.45, 7) is 7.03. The molecule has 0 spiro atoms. The molecule has 0 bridgehead atoms. The molecule has 0 heterocycles. The predicted molar refractivity (Wildman–Crippen MR) is 139 cm³/mol. The van der Waals surface area contributed by atoms with Crippen molar-refractivity contribution in [3.63, 3.8) is 0 Å². The molecule has 3 rings (SSSR count). The van der Waals surface area contributed by atoms with Gasteiger partial charge in [0.25, 0.3) is 0 Å². The normalized spacial score (nSPS) is 31.6. The third kappa shape index (κ3) is 4.11. The Labute approximate surface area is 212 Å². The molecule has 27 heavy (non-hydrogen) atoms. The Balaban J connectivity index is 2.32. The monoisotopic (exact) mass is 746 g/mol. The van der Waals surface area contributed by atoms with Crippen LogP contribution in [0, 0.1) is 5.92 Å². The van der Waals surface area contributed by atoms with Gasteiger partial charge >= 0.3 is 0 Å². The lowest BCUT2D eigenvalue weighted by Gasteiger charge is -2.48. The van der Waals surface area contributed by atoms with Crippen molar-refractivity contribution in [1.29, 1.82) is 0 Å². The van der Waals surface area contributed by atoms with Crippen LogP contribution in [0.2, 0.25) is 0 Å². The maximum atomic E-state index is 3.85. The van der Waals surface area contributed by atoms with Gasteiger partial charge in [0.05, 0.1) is 0 Å². The van der Waals surface area contributed by atoms with Crippen molar-refractivity contribution < 1.29 is 0 Å². The molecule has 0 aliphatic heterocycles. The molecule has 0 saturated carbocycles. The molecule has 1 aromatic carbocycles. The lowest BCUT2D eigenvalue weighted by Crippen LogP contribution is -2.40. The van der Waals surface area contributed by atoms with Gasteiger partial charge in [-0.15, -0.1) is 0 Å². The van der Waals surface area contributed by atoms with E-state index in [4.69, 9.17) is 0 Å². The van der Waals surface area contributed by atoms with Gasteiger partial charge in [-0.05, 0) is 72.2 Å². The van der Waals surface area contributed by atoms with E-state index in [1.54, 1.807) is 0 Å². The molecular formula is C21H20Br6. The second-order valence-corrected chi connectivity index (χ2v) is 12.8. The highest BCUT2D eigenvalue weighted by Gasteiger charge is 2.46. The van der Waals surface area contributed by atoms with Gasteiger partial charge in [-0.3, -0.25) is 0 Å². The number of halogens is 6. The molecule has 0 amide bonds. The Morgan fingerprint density at radius 2 is 1.74 bits per heavy atom. The van der Waals surface area contributed by atoms with Gasteiger partial charge in [0, 0.05) is 39.7 Å². The molecule has 0 radical (unpaired) electrons. The van der Waals surface area contributed by atoms with Crippen molar-refractivity contribution >= 4 is 95.6 Å². The van der Waals surface area contributed by atoms with Crippen LogP contribution >= 0.6 is 95.6 Å². The van der Waals surface area contributed by atoms with Crippen LogP contribution in [0.25, 0.3) is 0 Å². The van der Waals surface area contributed by atoms with E-state index in [1.807, 2.05) is 0 Å². The number of rotatable bonds is 3. The van der Waals surface area contributed by atoms with Crippen LogP contribution in [0.3, 0.4) is 0 Å². The molecule has 0 aromatic heterocycles. The highest BCUT2D eigenvalue weighted by molar-refractivity contribution is 9.14. The van der Waals surface area contributed by atoms with E-state index in [9.17, 15) is 0 Å². The minimum absolute atomic E-state index is 0.114. The van der Waals surface area contributed by atoms with E-state index in [0.29, 0.717) is 21.5 Å². The van der Waals surface area contributed by atoms with Crippen molar-refractivity contribution in [1.82, 2.24) is 0 Å². The van der Waals surface area contributed by atoms with Gasteiger partial charge in [-0.25, -0.2) is 0 Å². The van der Waals surface area contributed by atoms with Crippen LogP contribution in [-0.4, -0.2) is 15.0 Å². The molecule has 1 aromatic rings. The maximum absolute atomic E-state index is 3.85. The Morgan fingerprint density at radius 1 is 1.15 bits per heavy atom. The molecule has 6 heteroatoms. The van der Waals surface area contributed by atoms with Crippen LogP contribution in [0.15, 0.2) is 54.9 Å². The van der Waals surface area contributed by atoms with Crippen molar-refractivity contribution in [2.24, 2.45) is 5.92 Å². The van der Waals surface area contributed by atoms with Gasteiger partial charge in [0.15, 0.2) is 0 Å². The predicted octanol–water partition coefficient (Wildman–Crippen LogP) is 9.29. The molecule has 2 aliphatic rings. The van der Waals surface area contributed by atoms with E-state index in [1.165, 1.54) is 26.8 Å². The average Bonchev–Trinajstić information content (AvgIpc) is 2.62. The fourth-order valence-electron chi connectivity index (χ4n) is 4.21. The smallest absolute Gasteiger partial charge is 0.0492 e. The fraction of sp³-hybridized carbons (Fsp3) is 0.429. The first-order valence-corrected chi connectivity index (χ1v) is 14.1. The second-order valence-electron chi connectivity index (χ2n) is 7.40. The van der Waals surface area contributed by atoms with Gasteiger partial charge < -0.3 is 0 Å². The molecule has 146 valence electrons. The quantitative estimate of drug-likeness (QED) is 0.271. The summed E-state index contributed by atoms with van der Waals surface area (Å²) in [6, 6.07) is 4.60. The molecule has 0 N–H and O–H groups in total. The maximum Gasteiger partial charge on any atom is 0.0492 e. The first-order valence-electron chi connectivity index (χ1n) is 8.75. The Morgan fingerprint density at radius 3 is 2.37 bits per heavy atom. The zero-order valence-electron chi connectivity index (χ0n) is 15.2. The summed E-state index contributed by atoms with van der Waals surface area (Å²) < 4.78 is 3.40. The third-order valence-corrected chi connectivity index (χ3v) is 12.0. The van der Waals surface area contributed by atoms with Crippen LogP contribution < -0.4 is 0 Å². The largest absolute Gasteiger partial charge is 0.0871 e. The van der Waals surface area contributed by atoms with Crippen molar-refractivity contribution in [2.45, 2.75) is 41.8 Å². The molecule has 0 nitrogen and oxygen atoms in total. The van der Waals surface area contributed by atoms with Crippen LogP contribution in [0.4, 0.5) is 0 Å². The Hall–Kier alpha value is 1.32. The standard InChI is InChI=1S/C21H20Br6/c1-10(4-12(23)9-22)21(3)15-7-19(26)17(24)5-13(15)11(2)14-6-18(25)20(27)8-16(14)21/h4-8,10-11,17,19H,9H2,1-3H3/b12-4+. The first-order chi connectivity index (χ1) is 12.6. The van der Waals surface area contributed by atoms with E-state index in [0.717, 1.165) is 14.3 Å². The molecular weight excluding hydrogens is 732 g/mol. The molecule has 0 saturated heterocycles. The van der Waals surface area contributed by atoms with Crippen LogP contribution in [-0.2, 0) is 5.41 Å². The fourth-order valence-corrected chi connectivity index (χ4v) is 6.35. The molecule has 0 fully saturated rings. The summed E-state index contributed by atoms with van der Waals surface area (Å²) in [5, 5.41) is 0.826. The van der Waals surface area contributed by atoms with Gasteiger partial charge in [-0.2, -0.15) is 0 Å². The zero-order chi connectivity index (χ0) is 20.1. The minimum atomic E-state index is -0.114. The highest BCUT2D eigenvalue weighted by Crippen LogP contribution is 2.56. The second kappa shape index (κ2) is 8.82. The lowest BCUT2D eigenvalue weighted by atomic mass is 9.57. The van der Waals surface area contributed by atoms with Crippen molar-refractivity contribution in [2.75, 3.05) is 5.33 Å². The SMILES string of the molecule is CC1C2=CC(Br)C(Br)C=C2C(C)(C(C)/C=C(/Br)CBr)c2cc(Br)c(Br)cc21. The average molecular weight is 752 g/mol. The molecule has 5 atom stereocenters.